The number of nitrogens with zero attached hydrogens (tertiary/aromatic N) is 3. The number of fused-ring (bicyclic) bond motifs is 1. The van der Waals surface area contributed by atoms with E-state index in [9.17, 15) is 9.59 Å². The second kappa shape index (κ2) is 6.84. The van der Waals surface area contributed by atoms with Crippen molar-refractivity contribution in [2.45, 2.75) is 13.0 Å². The molecule has 130 valence electrons. The summed E-state index contributed by atoms with van der Waals surface area (Å²) in [5.74, 6) is -0.198. The predicted molar refractivity (Wildman–Crippen MR) is 97.2 cm³/mol. The molecule has 26 heavy (non-hydrogen) atoms. The van der Waals surface area contributed by atoms with Gasteiger partial charge < -0.3 is 4.90 Å². The molecule has 2 heterocycles. The van der Waals surface area contributed by atoms with Crippen LogP contribution in [0.5, 0.6) is 0 Å². The van der Waals surface area contributed by atoms with Crippen LogP contribution in [0, 0.1) is 0 Å². The van der Waals surface area contributed by atoms with Crippen LogP contribution in [-0.2, 0) is 13.0 Å². The highest BCUT2D eigenvalue weighted by Crippen LogP contribution is 2.20. The van der Waals surface area contributed by atoms with Crippen molar-refractivity contribution < 1.29 is 9.59 Å². The van der Waals surface area contributed by atoms with Crippen LogP contribution in [0.3, 0.4) is 0 Å². The Bertz CT molecular complexity index is 935. The fraction of sp³-hybridized carbons (Fsp3) is 0.150. The molecule has 2 aromatic carbocycles. The number of nitrogens with one attached hydrogen (secondary N) is 1. The van der Waals surface area contributed by atoms with E-state index in [2.05, 4.69) is 10.5 Å². The quantitative estimate of drug-likeness (QED) is 0.792. The van der Waals surface area contributed by atoms with E-state index in [1.807, 2.05) is 53.4 Å². The molecule has 0 atom stereocenters. The molecule has 4 rings (SSSR count). The second-order valence-electron chi connectivity index (χ2n) is 6.18. The highest BCUT2D eigenvalue weighted by atomic mass is 16.2. The van der Waals surface area contributed by atoms with Crippen LogP contribution >= 0.6 is 0 Å². The molecule has 0 bridgehead atoms. The maximum atomic E-state index is 12.6. The first-order chi connectivity index (χ1) is 12.7. The average Bonchev–Trinajstić information content (AvgIpc) is 3.10. The molecule has 6 heteroatoms. The normalized spacial score (nSPS) is 13.2. The molecular formula is C20H18N4O2. The Hall–Kier alpha value is -3.41. The molecule has 0 spiro atoms. The molecule has 1 N–H and O–H groups in total. The van der Waals surface area contributed by atoms with Gasteiger partial charge in [0.25, 0.3) is 11.8 Å². The average molecular weight is 346 g/mol. The Labute approximate surface area is 151 Å². The van der Waals surface area contributed by atoms with Gasteiger partial charge in [0.2, 0.25) is 0 Å². The van der Waals surface area contributed by atoms with Crippen LogP contribution in [0.2, 0.25) is 0 Å². The number of carbonyl (C=O) groups is 2. The molecule has 0 saturated carbocycles. The van der Waals surface area contributed by atoms with Gasteiger partial charge in [-0.3, -0.25) is 9.59 Å². The summed E-state index contributed by atoms with van der Waals surface area (Å²) in [5, 5.41) is 4.28. The lowest BCUT2D eigenvalue weighted by Crippen LogP contribution is -2.37. The van der Waals surface area contributed by atoms with Crippen molar-refractivity contribution in [3.8, 4) is 0 Å². The third-order valence-corrected chi connectivity index (χ3v) is 4.49. The molecule has 1 aliphatic rings. The second-order valence-corrected chi connectivity index (χ2v) is 6.18. The van der Waals surface area contributed by atoms with Gasteiger partial charge in [-0.05, 0) is 24.3 Å². The Balaban J connectivity index is 1.49. The van der Waals surface area contributed by atoms with Crippen LogP contribution in [0.15, 0.2) is 66.9 Å². The lowest BCUT2D eigenvalue weighted by atomic mass is 10.1. The van der Waals surface area contributed by atoms with Gasteiger partial charge in [-0.25, -0.2) is 5.43 Å². The van der Waals surface area contributed by atoms with Gasteiger partial charge in [-0.2, -0.15) is 9.89 Å². The third kappa shape index (κ3) is 3.09. The SMILES string of the molecule is O=C(Nn1ncc2c1CCN(C(=O)c1ccccc1)C2)c1ccccc1. The minimum absolute atomic E-state index is 0.0114. The number of aromatic nitrogens is 2. The number of carbonyl (C=O) groups excluding carboxylic acids is 2. The van der Waals surface area contributed by atoms with Crippen molar-refractivity contribution in [2.24, 2.45) is 0 Å². The molecule has 0 saturated heterocycles. The summed E-state index contributed by atoms with van der Waals surface area (Å²) in [5.41, 5.74) is 5.95. The van der Waals surface area contributed by atoms with Gasteiger partial charge in [-0.1, -0.05) is 36.4 Å². The van der Waals surface area contributed by atoms with Crippen molar-refractivity contribution in [3.63, 3.8) is 0 Å². The number of hydrogen-bond acceptors (Lipinski definition) is 3. The Morgan fingerprint density at radius 3 is 2.27 bits per heavy atom. The monoisotopic (exact) mass is 346 g/mol. The van der Waals surface area contributed by atoms with Gasteiger partial charge >= 0.3 is 0 Å². The van der Waals surface area contributed by atoms with Crippen molar-refractivity contribution in [3.05, 3.63) is 89.2 Å². The molecule has 1 aliphatic heterocycles. The summed E-state index contributed by atoms with van der Waals surface area (Å²) >= 11 is 0. The zero-order valence-electron chi connectivity index (χ0n) is 14.1. The fourth-order valence-electron chi connectivity index (χ4n) is 3.12. The highest BCUT2D eigenvalue weighted by Gasteiger charge is 2.25. The minimum Gasteiger partial charge on any atom is -0.334 e. The van der Waals surface area contributed by atoms with E-state index >= 15 is 0 Å². The van der Waals surface area contributed by atoms with E-state index in [1.165, 1.54) is 4.79 Å². The molecular weight excluding hydrogens is 328 g/mol. The number of amides is 2. The van der Waals surface area contributed by atoms with E-state index in [1.54, 1.807) is 18.3 Å². The van der Waals surface area contributed by atoms with Crippen LogP contribution in [0.4, 0.5) is 0 Å². The highest BCUT2D eigenvalue weighted by molar-refractivity contribution is 5.99. The van der Waals surface area contributed by atoms with Gasteiger partial charge in [0.1, 0.15) is 0 Å². The van der Waals surface area contributed by atoms with Gasteiger partial charge in [-0.15, -0.1) is 0 Å². The molecule has 0 radical (unpaired) electrons. The van der Waals surface area contributed by atoms with E-state index in [0.29, 0.717) is 30.6 Å². The van der Waals surface area contributed by atoms with E-state index in [0.717, 1.165) is 11.3 Å². The summed E-state index contributed by atoms with van der Waals surface area (Å²) in [6.45, 7) is 1.08. The lowest BCUT2D eigenvalue weighted by Gasteiger charge is -2.27. The van der Waals surface area contributed by atoms with Gasteiger partial charge in [0.15, 0.2) is 0 Å². The van der Waals surface area contributed by atoms with Gasteiger partial charge in [0.05, 0.1) is 11.9 Å². The van der Waals surface area contributed by atoms with Crippen LogP contribution < -0.4 is 5.43 Å². The Kier molecular flexibility index (Phi) is 4.23. The number of rotatable bonds is 3. The predicted octanol–water partition coefficient (Wildman–Crippen LogP) is 2.47. The summed E-state index contributed by atoms with van der Waals surface area (Å²) in [6.07, 6.45) is 2.36. The largest absolute Gasteiger partial charge is 0.334 e. The van der Waals surface area contributed by atoms with Crippen LogP contribution in [0.25, 0.3) is 0 Å². The van der Waals surface area contributed by atoms with Crippen LogP contribution in [-0.4, -0.2) is 33.1 Å². The van der Waals surface area contributed by atoms with Crippen molar-refractivity contribution >= 4 is 11.8 Å². The maximum absolute atomic E-state index is 12.6. The van der Waals surface area contributed by atoms with Crippen LogP contribution in [0.1, 0.15) is 32.0 Å². The number of benzene rings is 2. The van der Waals surface area contributed by atoms with Crippen molar-refractivity contribution in [1.29, 1.82) is 0 Å². The fourth-order valence-corrected chi connectivity index (χ4v) is 3.12. The van der Waals surface area contributed by atoms with E-state index in [-0.39, 0.29) is 11.8 Å². The molecule has 1 aromatic heterocycles. The topological polar surface area (TPSA) is 67.2 Å². The Morgan fingerprint density at radius 1 is 0.923 bits per heavy atom. The zero-order chi connectivity index (χ0) is 17.9. The molecule has 3 aromatic rings. The molecule has 0 fully saturated rings. The molecule has 6 nitrogen and oxygen atoms in total. The molecule has 0 unspecified atom stereocenters. The van der Waals surface area contributed by atoms with E-state index in [4.69, 9.17) is 0 Å². The molecule has 2 amide bonds. The summed E-state index contributed by atoms with van der Waals surface area (Å²) < 4.78 is 0. The van der Waals surface area contributed by atoms with Crippen molar-refractivity contribution in [2.75, 3.05) is 12.0 Å². The lowest BCUT2D eigenvalue weighted by molar-refractivity contribution is 0.0732. The molecule has 0 aliphatic carbocycles. The first kappa shape index (κ1) is 16.1. The minimum atomic E-state index is -0.209. The summed E-state index contributed by atoms with van der Waals surface area (Å²) in [7, 11) is 0. The van der Waals surface area contributed by atoms with Gasteiger partial charge in [0, 0.05) is 36.2 Å². The zero-order valence-corrected chi connectivity index (χ0v) is 14.1. The smallest absolute Gasteiger partial charge is 0.271 e. The standard InChI is InChI=1S/C20H18N4O2/c25-19(15-7-3-1-4-8-15)22-24-18-11-12-23(14-17(18)13-21-24)20(26)16-9-5-2-6-10-16/h1-10,13H,11-12,14H2,(H,22,25). The van der Waals surface area contributed by atoms with Crippen molar-refractivity contribution in [1.82, 2.24) is 14.8 Å². The Morgan fingerprint density at radius 2 is 1.58 bits per heavy atom. The first-order valence-corrected chi connectivity index (χ1v) is 8.49. The number of hydrogen-bond donors (Lipinski definition) is 1. The first-order valence-electron chi connectivity index (χ1n) is 8.49. The van der Waals surface area contributed by atoms with E-state index < -0.39 is 0 Å². The third-order valence-electron chi connectivity index (χ3n) is 4.49. The summed E-state index contributed by atoms with van der Waals surface area (Å²) in [6, 6.07) is 18.3. The maximum Gasteiger partial charge on any atom is 0.271 e. The summed E-state index contributed by atoms with van der Waals surface area (Å²) in [4.78, 5) is 28.3.